The number of amides is 1. The highest BCUT2D eigenvalue weighted by molar-refractivity contribution is 6.31. The predicted molar refractivity (Wildman–Crippen MR) is 127 cm³/mol. The van der Waals surface area contributed by atoms with Gasteiger partial charge in [-0.25, -0.2) is 18.3 Å². The van der Waals surface area contributed by atoms with E-state index in [-0.39, 0.29) is 36.4 Å². The number of alkyl halides is 1. The summed E-state index contributed by atoms with van der Waals surface area (Å²) in [5.41, 5.74) is 3.09. The van der Waals surface area contributed by atoms with Crippen LogP contribution in [0.1, 0.15) is 46.3 Å². The Morgan fingerprint density at radius 1 is 1.33 bits per heavy atom. The Morgan fingerprint density at radius 3 is 2.81 bits per heavy atom. The molecule has 11 heteroatoms. The normalized spacial score (nSPS) is 27.0. The molecule has 3 fully saturated rings. The van der Waals surface area contributed by atoms with Crippen LogP contribution < -0.4 is 4.74 Å². The van der Waals surface area contributed by atoms with Crippen molar-refractivity contribution in [1.82, 2.24) is 24.4 Å². The van der Waals surface area contributed by atoms with Gasteiger partial charge < -0.3 is 14.7 Å². The molecule has 2 aromatic heterocycles. The van der Waals surface area contributed by atoms with Gasteiger partial charge in [-0.15, -0.1) is 0 Å². The third-order valence-corrected chi connectivity index (χ3v) is 8.47. The van der Waals surface area contributed by atoms with E-state index in [1.807, 2.05) is 25.7 Å². The lowest BCUT2D eigenvalue weighted by atomic mass is 9.83. The third-order valence-electron chi connectivity index (χ3n) is 7.93. The number of aryl methyl sites for hydroxylation is 2. The van der Waals surface area contributed by atoms with Gasteiger partial charge >= 0.3 is 0 Å². The van der Waals surface area contributed by atoms with Crippen LogP contribution in [-0.2, 0) is 13.1 Å². The van der Waals surface area contributed by atoms with Gasteiger partial charge in [0.05, 0.1) is 58.9 Å². The van der Waals surface area contributed by atoms with Crippen LogP contribution in [0.15, 0.2) is 18.2 Å². The Balaban J connectivity index is 1.28. The van der Waals surface area contributed by atoms with Crippen LogP contribution in [-0.4, -0.2) is 72.4 Å². The van der Waals surface area contributed by atoms with E-state index in [1.165, 1.54) is 18.2 Å². The van der Waals surface area contributed by atoms with Gasteiger partial charge in [-0.2, -0.15) is 5.10 Å². The minimum atomic E-state index is -0.856. The maximum Gasteiger partial charge on any atom is 0.258 e. The first-order chi connectivity index (χ1) is 17.1. The van der Waals surface area contributed by atoms with Gasteiger partial charge in [0.15, 0.2) is 5.65 Å². The van der Waals surface area contributed by atoms with E-state index in [4.69, 9.17) is 16.3 Å². The van der Waals surface area contributed by atoms with Gasteiger partial charge in [-0.1, -0.05) is 11.6 Å². The van der Waals surface area contributed by atoms with Gasteiger partial charge in [0.2, 0.25) is 0 Å². The van der Waals surface area contributed by atoms with Crippen molar-refractivity contribution in [1.29, 1.82) is 0 Å². The number of halogens is 3. The lowest BCUT2D eigenvalue weighted by Gasteiger charge is -2.55. The number of carbonyl (C=O) groups is 1. The zero-order valence-electron chi connectivity index (χ0n) is 20.1. The van der Waals surface area contributed by atoms with E-state index in [0.717, 1.165) is 17.0 Å². The molecule has 4 atom stereocenters. The second kappa shape index (κ2) is 8.09. The SMILES string of the molecule is Cc1nc2c3c(nn2c(C)c1Cl)CN(C(=O)c1ccc(F)cc1OC1(C)C2CC(O)C1N2CCF)C3. The van der Waals surface area contributed by atoms with Crippen molar-refractivity contribution in [3.63, 3.8) is 0 Å². The molecule has 1 aromatic carbocycles. The van der Waals surface area contributed by atoms with E-state index in [2.05, 4.69) is 10.1 Å². The topological polar surface area (TPSA) is 83.2 Å². The number of rotatable bonds is 5. The fraction of sp³-hybridized carbons (Fsp3) is 0.480. The highest BCUT2D eigenvalue weighted by atomic mass is 35.5. The summed E-state index contributed by atoms with van der Waals surface area (Å²) in [5, 5.41) is 15.6. The Bertz CT molecular complexity index is 1410. The molecule has 4 unspecified atom stereocenters. The summed E-state index contributed by atoms with van der Waals surface area (Å²) in [6.07, 6.45) is -0.228. The molecule has 1 N–H and O–H groups in total. The lowest BCUT2D eigenvalue weighted by Crippen LogP contribution is -2.73. The van der Waals surface area contributed by atoms with Crippen molar-refractivity contribution < 1.29 is 23.4 Å². The molecule has 0 radical (unpaired) electrons. The quantitative estimate of drug-likeness (QED) is 0.559. The smallest absolute Gasteiger partial charge is 0.258 e. The molecule has 3 aromatic rings. The molecule has 36 heavy (non-hydrogen) atoms. The van der Waals surface area contributed by atoms with Gasteiger partial charge in [0.1, 0.15) is 23.8 Å². The number of ether oxygens (including phenoxy) is 1. The summed E-state index contributed by atoms with van der Waals surface area (Å²) in [6.45, 7) is 5.77. The minimum absolute atomic E-state index is 0.113. The summed E-state index contributed by atoms with van der Waals surface area (Å²) in [4.78, 5) is 21.7. The molecule has 4 aliphatic rings. The number of aliphatic hydroxyl groups is 1. The molecule has 1 aliphatic carbocycles. The average molecular weight is 518 g/mol. The van der Waals surface area contributed by atoms with Crippen molar-refractivity contribution in [2.45, 2.75) is 64.1 Å². The first-order valence-electron chi connectivity index (χ1n) is 11.9. The molecule has 0 spiro atoms. The maximum absolute atomic E-state index is 14.3. The molecule has 8 nitrogen and oxygen atoms in total. The fourth-order valence-electron chi connectivity index (χ4n) is 6.24. The van der Waals surface area contributed by atoms with Crippen LogP contribution in [0.25, 0.3) is 5.65 Å². The molecule has 1 saturated carbocycles. The maximum atomic E-state index is 14.3. The zero-order valence-corrected chi connectivity index (χ0v) is 20.9. The standard InChI is InChI=1S/C25H26ClF2N5O3/c1-12-21(26)13(2)33-23(29-12)16-10-31(11-17(16)30-33)24(35)15-5-4-14(28)8-19(15)36-25(3)20-9-18(34)22(25)32(20)7-6-27/h4-5,8,18,20,22,34H,6-7,9-11H2,1-3H3. The molecule has 5 heterocycles. The lowest BCUT2D eigenvalue weighted by molar-refractivity contribution is -0.148. The van der Waals surface area contributed by atoms with Gasteiger partial charge in [0.25, 0.3) is 5.91 Å². The van der Waals surface area contributed by atoms with Crippen LogP contribution >= 0.6 is 11.6 Å². The summed E-state index contributed by atoms with van der Waals surface area (Å²) in [6, 6.07) is 3.21. The Kier molecular flexibility index (Phi) is 5.30. The van der Waals surface area contributed by atoms with Gasteiger partial charge in [0, 0.05) is 18.2 Å². The molecular formula is C25H26ClF2N5O3. The highest BCUT2D eigenvalue weighted by Gasteiger charge is 2.68. The summed E-state index contributed by atoms with van der Waals surface area (Å²) >= 11 is 6.33. The number of aliphatic hydroxyl groups excluding tert-OH is 1. The largest absolute Gasteiger partial charge is 0.483 e. The van der Waals surface area contributed by atoms with E-state index >= 15 is 0 Å². The number of carbonyl (C=O) groups excluding carboxylic acids is 1. The summed E-state index contributed by atoms with van der Waals surface area (Å²) in [7, 11) is 0. The first kappa shape index (κ1) is 23.6. The number of nitrogens with zero attached hydrogens (tertiary/aromatic N) is 5. The van der Waals surface area contributed by atoms with Crippen LogP contribution in [0.2, 0.25) is 5.02 Å². The van der Waals surface area contributed by atoms with E-state index in [0.29, 0.717) is 29.3 Å². The predicted octanol–water partition coefficient (Wildman–Crippen LogP) is 3.22. The molecular weight excluding hydrogens is 492 g/mol. The Morgan fingerprint density at radius 2 is 2.11 bits per heavy atom. The fourth-order valence-corrected chi connectivity index (χ4v) is 6.36. The molecule has 7 rings (SSSR count). The van der Waals surface area contributed by atoms with E-state index < -0.39 is 30.2 Å². The average Bonchev–Trinajstić information content (AvgIpc) is 3.55. The second-order valence-corrected chi connectivity index (χ2v) is 10.4. The zero-order chi connectivity index (χ0) is 25.5. The van der Waals surface area contributed by atoms with Crippen LogP contribution in [0.5, 0.6) is 5.75 Å². The summed E-state index contributed by atoms with van der Waals surface area (Å²) < 4.78 is 35.3. The van der Waals surface area contributed by atoms with Crippen LogP contribution in [0.3, 0.4) is 0 Å². The Labute approximate surface area is 211 Å². The number of hydrogen-bond acceptors (Lipinski definition) is 6. The number of hydrogen-bond donors (Lipinski definition) is 1. The molecule has 2 bridgehead atoms. The van der Waals surface area contributed by atoms with Crippen molar-refractivity contribution in [2.75, 3.05) is 13.2 Å². The van der Waals surface area contributed by atoms with Crippen molar-refractivity contribution in [3.8, 4) is 5.75 Å². The molecule has 3 aliphatic heterocycles. The van der Waals surface area contributed by atoms with Crippen molar-refractivity contribution >= 4 is 23.2 Å². The van der Waals surface area contributed by atoms with E-state index in [1.54, 1.807) is 9.42 Å². The van der Waals surface area contributed by atoms with E-state index in [9.17, 15) is 18.7 Å². The van der Waals surface area contributed by atoms with Crippen LogP contribution in [0.4, 0.5) is 8.78 Å². The van der Waals surface area contributed by atoms with Crippen molar-refractivity contribution in [2.24, 2.45) is 0 Å². The number of fused-ring (bicyclic) bond motifs is 4. The number of benzene rings is 1. The van der Waals surface area contributed by atoms with Gasteiger partial charge in [-0.3, -0.25) is 9.69 Å². The monoisotopic (exact) mass is 517 g/mol. The third kappa shape index (κ3) is 3.20. The molecule has 1 amide bonds. The Hall–Kier alpha value is -2.82. The summed E-state index contributed by atoms with van der Waals surface area (Å²) in [5.74, 6) is -0.741. The van der Waals surface area contributed by atoms with Crippen LogP contribution in [0, 0.1) is 19.7 Å². The van der Waals surface area contributed by atoms with Crippen molar-refractivity contribution in [3.05, 3.63) is 57.2 Å². The highest BCUT2D eigenvalue weighted by Crippen LogP contribution is 2.51. The first-order valence-corrected chi connectivity index (χ1v) is 12.3. The van der Waals surface area contributed by atoms with Gasteiger partial charge in [-0.05, 0) is 39.3 Å². The molecule has 2 saturated heterocycles. The molecule has 190 valence electrons. The minimum Gasteiger partial charge on any atom is -0.483 e. The second-order valence-electron chi connectivity index (χ2n) is 10.0. The number of aromatic nitrogens is 3.